The summed E-state index contributed by atoms with van der Waals surface area (Å²) in [5.41, 5.74) is 5.48. The first-order chi connectivity index (χ1) is 9.25. The first-order valence-electron chi connectivity index (χ1n) is 5.90. The number of aromatic nitrogens is 2. The second-order valence-electron chi connectivity index (χ2n) is 4.30. The fourth-order valence-electron chi connectivity index (χ4n) is 1.71. The minimum absolute atomic E-state index is 0.0326. The van der Waals surface area contributed by atoms with Gasteiger partial charge in [0.15, 0.2) is 5.03 Å². The Morgan fingerprint density at radius 3 is 2.70 bits per heavy atom. The zero-order valence-electron chi connectivity index (χ0n) is 11.5. The predicted octanol–water partition coefficient (Wildman–Crippen LogP) is 0.467. The summed E-state index contributed by atoms with van der Waals surface area (Å²) < 4.78 is 27.5. The summed E-state index contributed by atoms with van der Waals surface area (Å²) >= 11 is 5.88. The topological polar surface area (TPSA) is 114 Å². The molecule has 1 heterocycles. The summed E-state index contributed by atoms with van der Waals surface area (Å²) in [5.74, 6) is -0.462. The molecule has 0 aliphatic carbocycles. The number of halogens is 1. The van der Waals surface area contributed by atoms with Crippen LogP contribution < -0.4 is 5.73 Å². The highest BCUT2D eigenvalue weighted by Crippen LogP contribution is 2.24. The van der Waals surface area contributed by atoms with E-state index in [9.17, 15) is 8.42 Å². The molecule has 0 bridgehead atoms. The smallest absolute Gasteiger partial charge is 0.261 e. The third-order valence-corrected chi connectivity index (χ3v) is 5.33. The van der Waals surface area contributed by atoms with Crippen LogP contribution in [0, 0.1) is 5.92 Å². The van der Waals surface area contributed by atoms with E-state index in [0.29, 0.717) is 0 Å². The zero-order chi connectivity index (χ0) is 15.5. The lowest BCUT2D eigenvalue weighted by molar-refractivity contribution is 0.311. The Hall–Kier alpha value is -1.32. The van der Waals surface area contributed by atoms with Crippen molar-refractivity contribution in [2.24, 2.45) is 23.9 Å². The van der Waals surface area contributed by atoms with Crippen molar-refractivity contribution < 1.29 is 13.6 Å². The minimum atomic E-state index is -3.80. The number of aryl methyl sites for hydroxylation is 1. The molecule has 10 heteroatoms. The second kappa shape index (κ2) is 6.42. The molecule has 0 amide bonds. The lowest BCUT2D eigenvalue weighted by Gasteiger charge is -2.23. The average molecular weight is 324 g/mol. The van der Waals surface area contributed by atoms with Gasteiger partial charge in [-0.15, -0.1) is 0 Å². The van der Waals surface area contributed by atoms with E-state index in [1.807, 2.05) is 0 Å². The van der Waals surface area contributed by atoms with Gasteiger partial charge in [0.25, 0.3) is 10.0 Å². The van der Waals surface area contributed by atoms with Crippen molar-refractivity contribution >= 4 is 27.5 Å². The van der Waals surface area contributed by atoms with Crippen molar-refractivity contribution in [1.82, 2.24) is 14.1 Å². The predicted molar refractivity (Wildman–Crippen MR) is 75.2 cm³/mol. The number of amidine groups is 1. The van der Waals surface area contributed by atoms with Crippen LogP contribution in [-0.2, 0) is 17.1 Å². The van der Waals surface area contributed by atoms with Crippen LogP contribution >= 0.6 is 11.6 Å². The highest BCUT2D eigenvalue weighted by Gasteiger charge is 2.30. The highest BCUT2D eigenvalue weighted by molar-refractivity contribution is 7.89. The largest absolute Gasteiger partial charge is 0.409 e. The number of hydrogen-bond donors (Lipinski definition) is 2. The molecule has 1 aromatic heterocycles. The summed E-state index contributed by atoms with van der Waals surface area (Å²) in [6.07, 6.45) is 1.27. The van der Waals surface area contributed by atoms with Gasteiger partial charge in [0.2, 0.25) is 0 Å². The third-order valence-electron chi connectivity index (χ3n) is 2.88. The molecule has 0 aliphatic heterocycles. The molecule has 0 radical (unpaired) electrons. The molecule has 1 aromatic rings. The van der Waals surface area contributed by atoms with Crippen molar-refractivity contribution in [3.05, 3.63) is 11.2 Å². The standard InChI is InChI=1S/C10H18ClN5O3S/c1-4-16(6-7(2)9(12)14-17)20(18,19)10-8(11)5-13-15(10)3/h5,7,17H,4,6H2,1-3H3,(H2,12,14). The van der Waals surface area contributed by atoms with Crippen LogP contribution in [0.3, 0.4) is 0 Å². The fraction of sp³-hybridized carbons (Fsp3) is 0.600. The van der Waals surface area contributed by atoms with Gasteiger partial charge in [-0.1, -0.05) is 30.6 Å². The Morgan fingerprint density at radius 1 is 1.70 bits per heavy atom. The number of sulfonamides is 1. The van der Waals surface area contributed by atoms with Gasteiger partial charge >= 0.3 is 0 Å². The Bertz CT molecular complexity index is 579. The van der Waals surface area contributed by atoms with Gasteiger partial charge in [-0.2, -0.15) is 9.40 Å². The number of rotatable bonds is 6. The lowest BCUT2D eigenvalue weighted by Crippen LogP contribution is -2.39. The normalized spacial score (nSPS) is 14.8. The van der Waals surface area contributed by atoms with Gasteiger partial charge in [0.05, 0.1) is 11.2 Å². The van der Waals surface area contributed by atoms with E-state index in [-0.39, 0.29) is 29.0 Å². The van der Waals surface area contributed by atoms with Gasteiger partial charge in [-0.3, -0.25) is 4.68 Å². The monoisotopic (exact) mass is 323 g/mol. The van der Waals surface area contributed by atoms with Crippen molar-refractivity contribution in [2.45, 2.75) is 18.9 Å². The molecule has 8 nitrogen and oxygen atoms in total. The average Bonchev–Trinajstić information content (AvgIpc) is 2.74. The molecule has 1 rings (SSSR count). The molecule has 114 valence electrons. The molecule has 0 aliphatic rings. The molecule has 0 saturated heterocycles. The van der Waals surface area contributed by atoms with E-state index in [1.54, 1.807) is 13.8 Å². The first kappa shape index (κ1) is 16.7. The van der Waals surface area contributed by atoms with Gasteiger partial charge in [-0.05, 0) is 0 Å². The highest BCUT2D eigenvalue weighted by atomic mass is 35.5. The number of nitrogens with two attached hydrogens (primary N) is 1. The van der Waals surface area contributed by atoms with Gasteiger partial charge in [0, 0.05) is 26.1 Å². The van der Waals surface area contributed by atoms with Crippen molar-refractivity contribution in [3.8, 4) is 0 Å². The molecule has 20 heavy (non-hydrogen) atoms. The third kappa shape index (κ3) is 3.22. The van der Waals surface area contributed by atoms with E-state index >= 15 is 0 Å². The quantitative estimate of drug-likeness (QED) is 0.342. The lowest BCUT2D eigenvalue weighted by atomic mass is 10.1. The Balaban J connectivity index is 3.12. The molecular weight excluding hydrogens is 306 g/mol. The maximum Gasteiger partial charge on any atom is 0.261 e. The Kier molecular flexibility index (Phi) is 5.37. The zero-order valence-corrected chi connectivity index (χ0v) is 13.1. The number of hydrogen-bond acceptors (Lipinski definition) is 5. The SMILES string of the molecule is CCN(CC(C)C(N)=NO)S(=O)(=O)c1c(Cl)cnn1C. The number of nitrogens with zero attached hydrogens (tertiary/aromatic N) is 4. The molecular formula is C10H18ClN5O3S. The first-order valence-corrected chi connectivity index (χ1v) is 7.72. The van der Waals surface area contributed by atoms with Gasteiger partial charge in [-0.25, -0.2) is 8.42 Å². The van der Waals surface area contributed by atoms with Gasteiger partial charge < -0.3 is 10.9 Å². The van der Waals surface area contributed by atoms with Crippen LogP contribution in [0.15, 0.2) is 16.4 Å². The summed E-state index contributed by atoms with van der Waals surface area (Å²) in [6, 6.07) is 0. The van der Waals surface area contributed by atoms with Crippen LogP contribution in [-0.4, -0.2) is 46.6 Å². The van der Waals surface area contributed by atoms with Crippen LogP contribution in [0.2, 0.25) is 5.02 Å². The van der Waals surface area contributed by atoms with Crippen LogP contribution in [0.5, 0.6) is 0 Å². The van der Waals surface area contributed by atoms with Crippen LogP contribution in [0.4, 0.5) is 0 Å². The molecule has 0 fully saturated rings. The molecule has 1 atom stereocenters. The molecule has 0 saturated carbocycles. The summed E-state index contributed by atoms with van der Waals surface area (Å²) in [7, 11) is -2.30. The molecule has 0 aromatic carbocycles. The Labute approximate surface area is 122 Å². The molecule has 0 spiro atoms. The minimum Gasteiger partial charge on any atom is -0.409 e. The summed E-state index contributed by atoms with van der Waals surface area (Å²) in [6.45, 7) is 3.67. The molecule has 1 unspecified atom stereocenters. The van der Waals surface area contributed by atoms with E-state index in [2.05, 4.69) is 10.3 Å². The van der Waals surface area contributed by atoms with Gasteiger partial charge in [0.1, 0.15) is 5.84 Å². The van der Waals surface area contributed by atoms with Crippen LogP contribution in [0.1, 0.15) is 13.8 Å². The Morgan fingerprint density at radius 2 is 2.30 bits per heavy atom. The molecule has 3 N–H and O–H groups in total. The second-order valence-corrected chi connectivity index (χ2v) is 6.56. The van der Waals surface area contributed by atoms with E-state index in [0.717, 1.165) is 0 Å². The van der Waals surface area contributed by atoms with Crippen LogP contribution in [0.25, 0.3) is 0 Å². The number of oxime groups is 1. The van der Waals surface area contributed by atoms with E-state index < -0.39 is 15.9 Å². The van der Waals surface area contributed by atoms with Crippen molar-refractivity contribution in [2.75, 3.05) is 13.1 Å². The fourth-order valence-corrected chi connectivity index (χ4v) is 3.85. The maximum atomic E-state index is 12.6. The van der Waals surface area contributed by atoms with Crippen molar-refractivity contribution in [1.29, 1.82) is 0 Å². The van der Waals surface area contributed by atoms with E-state index in [4.69, 9.17) is 22.5 Å². The summed E-state index contributed by atoms with van der Waals surface area (Å²) in [5, 5.41) is 15.3. The van der Waals surface area contributed by atoms with E-state index in [1.165, 1.54) is 22.2 Å². The summed E-state index contributed by atoms with van der Waals surface area (Å²) in [4.78, 5) is 0. The maximum absolute atomic E-state index is 12.6. The van der Waals surface area contributed by atoms with Crippen molar-refractivity contribution in [3.63, 3.8) is 0 Å².